The van der Waals surface area contributed by atoms with Crippen LogP contribution in [0.5, 0.6) is 0 Å². The van der Waals surface area contributed by atoms with Crippen molar-refractivity contribution >= 4 is 28.9 Å². The number of rotatable bonds is 4. The molecule has 3 rings (SSSR count). The summed E-state index contributed by atoms with van der Waals surface area (Å²) in [5.41, 5.74) is 1.52. The SMILES string of the molecule is Cc1cnn(CC(=O)N2CCN(c3ccc(Cl)cc3[N+](=O)[O-])CC2)c1. The third kappa shape index (κ3) is 3.90. The Kier molecular flexibility index (Phi) is 4.89. The van der Waals surface area contributed by atoms with Gasteiger partial charge in [0.05, 0.1) is 11.1 Å². The molecule has 1 fully saturated rings. The number of amides is 1. The zero-order valence-corrected chi connectivity index (χ0v) is 14.5. The summed E-state index contributed by atoms with van der Waals surface area (Å²) in [6.45, 7) is 4.22. The van der Waals surface area contributed by atoms with E-state index in [1.165, 1.54) is 6.07 Å². The highest BCUT2D eigenvalue weighted by Crippen LogP contribution is 2.31. The Bertz CT molecular complexity index is 799. The molecule has 0 aliphatic carbocycles. The largest absolute Gasteiger partial charge is 0.362 e. The smallest absolute Gasteiger partial charge is 0.294 e. The van der Waals surface area contributed by atoms with E-state index in [0.29, 0.717) is 36.9 Å². The standard InChI is InChI=1S/C16H18ClN5O3/c1-12-9-18-21(10-12)11-16(23)20-6-4-19(5-7-20)14-3-2-13(17)8-15(14)22(24)25/h2-3,8-10H,4-7,11H2,1H3. The van der Waals surface area contributed by atoms with E-state index in [1.807, 2.05) is 18.0 Å². The van der Waals surface area contributed by atoms with Crippen LogP contribution in [0.1, 0.15) is 5.56 Å². The molecular formula is C16H18ClN5O3. The predicted molar refractivity (Wildman–Crippen MR) is 93.9 cm³/mol. The highest BCUT2D eigenvalue weighted by Gasteiger charge is 2.26. The van der Waals surface area contributed by atoms with Crippen molar-refractivity contribution in [2.24, 2.45) is 0 Å². The number of nitro groups is 1. The van der Waals surface area contributed by atoms with E-state index in [2.05, 4.69) is 5.10 Å². The third-order valence-electron chi connectivity index (χ3n) is 4.17. The molecular weight excluding hydrogens is 346 g/mol. The lowest BCUT2D eigenvalue weighted by Gasteiger charge is -2.35. The molecule has 1 aromatic carbocycles. The van der Waals surface area contributed by atoms with Crippen molar-refractivity contribution in [2.45, 2.75) is 13.5 Å². The minimum atomic E-state index is -0.432. The Labute approximate surface area is 149 Å². The predicted octanol–water partition coefficient (Wildman–Crippen LogP) is 2.10. The number of carbonyl (C=O) groups is 1. The molecule has 0 N–H and O–H groups in total. The van der Waals surface area contributed by atoms with E-state index in [0.717, 1.165) is 5.56 Å². The van der Waals surface area contributed by atoms with Gasteiger partial charge in [-0.15, -0.1) is 0 Å². The second-order valence-electron chi connectivity index (χ2n) is 5.97. The van der Waals surface area contributed by atoms with Gasteiger partial charge >= 0.3 is 0 Å². The van der Waals surface area contributed by atoms with Gasteiger partial charge in [-0.25, -0.2) is 0 Å². The van der Waals surface area contributed by atoms with E-state index < -0.39 is 4.92 Å². The summed E-state index contributed by atoms with van der Waals surface area (Å²) in [4.78, 5) is 26.8. The van der Waals surface area contributed by atoms with Gasteiger partial charge in [-0.1, -0.05) is 11.6 Å². The fourth-order valence-electron chi connectivity index (χ4n) is 2.90. The highest BCUT2D eigenvalue weighted by atomic mass is 35.5. The molecule has 0 unspecified atom stereocenters. The molecule has 1 amide bonds. The lowest BCUT2D eigenvalue weighted by Crippen LogP contribution is -2.49. The van der Waals surface area contributed by atoms with Gasteiger partial charge in [0, 0.05) is 43.5 Å². The quantitative estimate of drug-likeness (QED) is 0.613. The number of nitrogens with zero attached hydrogens (tertiary/aromatic N) is 5. The number of hydrogen-bond acceptors (Lipinski definition) is 5. The van der Waals surface area contributed by atoms with Gasteiger partial charge in [-0.05, 0) is 24.6 Å². The molecule has 1 aromatic heterocycles. The van der Waals surface area contributed by atoms with Gasteiger partial charge in [-0.2, -0.15) is 5.10 Å². The van der Waals surface area contributed by atoms with E-state index in [1.54, 1.807) is 27.9 Å². The maximum atomic E-state index is 12.4. The first-order chi connectivity index (χ1) is 11.9. The molecule has 0 bridgehead atoms. The molecule has 9 heteroatoms. The van der Waals surface area contributed by atoms with Crippen LogP contribution in [0.4, 0.5) is 11.4 Å². The van der Waals surface area contributed by atoms with Gasteiger partial charge in [0.2, 0.25) is 5.91 Å². The van der Waals surface area contributed by atoms with Crippen molar-refractivity contribution in [3.63, 3.8) is 0 Å². The molecule has 0 radical (unpaired) electrons. The number of anilines is 1. The Balaban J connectivity index is 1.64. The number of carbonyl (C=O) groups excluding carboxylic acids is 1. The van der Waals surface area contributed by atoms with Crippen molar-refractivity contribution in [3.8, 4) is 0 Å². The number of piperazine rings is 1. The molecule has 0 atom stereocenters. The average Bonchev–Trinajstić information content (AvgIpc) is 2.99. The van der Waals surface area contributed by atoms with Crippen LogP contribution >= 0.6 is 11.6 Å². The Morgan fingerprint density at radius 3 is 2.64 bits per heavy atom. The minimum absolute atomic E-state index is 0.00615. The van der Waals surface area contributed by atoms with Crippen LogP contribution in [0.3, 0.4) is 0 Å². The normalized spacial score (nSPS) is 14.6. The molecule has 2 aromatic rings. The van der Waals surface area contributed by atoms with Crippen LogP contribution in [-0.2, 0) is 11.3 Å². The van der Waals surface area contributed by atoms with Gasteiger partial charge < -0.3 is 9.80 Å². The number of hydrogen-bond donors (Lipinski definition) is 0. The first-order valence-corrected chi connectivity index (χ1v) is 8.27. The summed E-state index contributed by atoms with van der Waals surface area (Å²) in [5, 5.41) is 15.7. The van der Waals surface area contributed by atoms with Crippen LogP contribution in [-0.4, -0.2) is 51.7 Å². The maximum absolute atomic E-state index is 12.4. The molecule has 1 aliphatic heterocycles. The maximum Gasteiger partial charge on any atom is 0.294 e. The molecule has 2 heterocycles. The highest BCUT2D eigenvalue weighted by molar-refractivity contribution is 6.30. The van der Waals surface area contributed by atoms with Crippen molar-refractivity contribution in [1.82, 2.24) is 14.7 Å². The zero-order chi connectivity index (χ0) is 18.0. The van der Waals surface area contributed by atoms with E-state index in [4.69, 9.17) is 11.6 Å². The molecule has 1 aliphatic rings. The number of halogens is 1. The van der Waals surface area contributed by atoms with Gasteiger partial charge in [0.1, 0.15) is 12.2 Å². The summed E-state index contributed by atoms with van der Waals surface area (Å²) in [5.74, 6) is -0.00615. The average molecular weight is 364 g/mol. The van der Waals surface area contributed by atoms with Gasteiger partial charge in [-0.3, -0.25) is 19.6 Å². The molecule has 132 valence electrons. The van der Waals surface area contributed by atoms with Crippen molar-refractivity contribution in [1.29, 1.82) is 0 Å². The minimum Gasteiger partial charge on any atom is -0.362 e. The van der Waals surface area contributed by atoms with Crippen molar-refractivity contribution < 1.29 is 9.72 Å². The zero-order valence-electron chi connectivity index (χ0n) is 13.8. The van der Waals surface area contributed by atoms with Gasteiger partial charge in [0.15, 0.2) is 0 Å². The summed E-state index contributed by atoms with van der Waals surface area (Å²) >= 11 is 5.86. The van der Waals surface area contributed by atoms with Crippen LogP contribution in [0, 0.1) is 17.0 Å². The number of aryl methyl sites for hydroxylation is 1. The molecule has 8 nitrogen and oxygen atoms in total. The monoisotopic (exact) mass is 363 g/mol. The lowest BCUT2D eigenvalue weighted by atomic mass is 10.2. The summed E-state index contributed by atoms with van der Waals surface area (Å²) in [7, 11) is 0. The van der Waals surface area contributed by atoms with E-state index >= 15 is 0 Å². The molecule has 25 heavy (non-hydrogen) atoms. The summed E-state index contributed by atoms with van der Waals surface area (Å²) in [6, 6.07) is 4.65. The number of benzene rings is 1. The molecule has 0 spiro atoms. The van der Waals surface area contributed by atoms with Gasteiger partial charge in [0.25, 0.3) is 5.69 Å². The van der Waals surface area contributed by atoms with E-state index in [9.17, 15) is 14.9 Å². The fraction of sp³-hybridized carbons (Fsp3) is 0.375. The topological polar surface area (TPSA) is 84.5 Å². The fourth-order valence-corrected chi connectivity index (χ4v) is 3.07. The Hall–Kier alpha value is -2.61. The molecule has 1 saturated heterocycles. The first-order valence-electron chi connectivity index (χ1n) is 7.90. The van der Waals surface area contributed by atoms with Crippen molar-refractivity contribution in [3.05, 3.63) is 51.3 Å². The lowest BCUT2D eigenvalue weighted by molar-refractivity contribution is -0.384. The van der Waals surface area contributed by atoms with Crippen LogP contribution in [0.2, 0.25) is 5.02 Å². The second-order valence-corrected chi connectivity index (χ2v) is 6.41. The Morgan fingerprint density at radius 2 is 2.04 bits per heavy atom. The number of nitro benzene ring substituents is 1. The van der Waals surface area contributed by atoms with Crippen LogP contribution in [0.25, 0.3) is 0 Å². The summed E-state index contributed by atoms with van der Waals surface area (Å²) < 4.78 is 1.62. The third-order valence-corrected chi connectivity index (χ3v) is 4.40. The first kappa shape index (κ1) is 17.2. The second kappa shape index (κ2) is 7.10. The number of aromatic nitrogens is 2. The molecule has 0 saturated carbocycles. The van der Waals surface area contributed by atoms with Crippen LogP contribution in [0.15, 0.2) is 30.6 Å². The Morgan fingerprint density at radius 1 is 1.32 bits per heavy atom. The van der Waals surface area contributed by atoms with E-state index in [-0.39, 0.29) is 18.1 Å². The van der Waals surface area contributed by atoms with Crippen molar-refractivity contribution in [2.75, 3.05) is 31.1 Å². The summed E-state index contributed by atoms with van der Waals surface area (Å²) in [6.07, 6.45) is 3.54. The van der Waals surface area contributed by atoms with Crippen LogP contribution < -0.4 is 4.90 Å².